The molecule has 12 nitrogen and oxygen atoms in total. The molecule has 0 spiro atoms. The molecule has 700 valence electrons. The van der Waals surface area contributed by atoms with Crippen LogP contribution in [0.1, 0.15) is 0 Å². The topological polar surface area (TPSA) is 132 Å². The monoisotopic (exact) mass is 1920 g/mol. The molecular weight excluding hydrogens is 1830 g/mol. The van der Waals surface area contributed by atoms with Crippen LogP contribution in [0.2, 0.25) is 0 Å². The van der Waals surface area contributed by atoms with Crippen LogP contribution in [0.25, 0.3) is 293 Å². The van der Waals surface area contributed by atoms with Gasteiger partial charge in [0.25, 0.3) is 0 Å². The normalized spacial score (nSPS) is 11.7. The van der Waals surface area contributed by atoms with Crippen LogP contribution in [0, 0.1) is 0 Å². The summed E-state index contributed by atoms with van der Waals surface area (Å²) in [5.74, 6) is 2.04. The van der Waals surface area contributed by atoms with E-state index in [0.717, 1.165) is 199 Å². The van der Waals surface area contributed by atoms with Gasteiger partial charge >= 0.3 is 0 Å². The number of benzene rings is 22. The van der Waals surface area contributed by atoms with Gasteiger partial charge in [0.1, 0.15) is 33.5 Å². The highest BCUT2D eigenvalue weighted by molar-refractivity contribution is 6.20. The molecule has 150 heavy (non-hydrogen) atoms. The van der Waals surface area contributed by atoms with E-state index >= 15 is 0 Å². The lowest BCUT2D eigenvalue weighted by molar-refractivity contribution is 0.668. The molecule has 0 aliphatic heterocycles. The molecule has 0 bridgehead atoms. The highest BCUT2D eigenvalue weighted by atomic mass is 16.3. The van der Waals surface area contributed by atoms with E-state index in [9.17, 15) is 0 Å². The third-order valence-corrected chi connectivity index (χ3v) is 29.4. The van der Waals surface area contributed by atoms with Crippen molar-refractivity contribution in [3.05, 3.63) is 516 Å². The predicted molar refractivity (Wildman–Crippen MR) is 618 cm³/mol. The first-order valence-electron chi connectivity index (χ1n) is 50.6. The van der Waals surface area contributed by atoms with Gasteiger partial charge in [0.05, 0.1) is 66.7 Å². The zero-order valence-corrected chi connectivity index (χ0v) is 80.8. The molecular formula is C138H85N9O3. The molecule has 0 N–H and O–H groups in total. The van der Waals surface area contributed by atoms with E-state index in [1.165, 1.54) is 76.8 Å². The molecule has 0 unspecified atom stereocenters. The first-order chi connectivity index (χ1) is 74.4. The molecule has 0 saturated heterocycles. The summed E-state index contributed by atoms with van der Waals surface area (Å²) in [5.41, 5.74) is 36.1. The molecule has 9 aromatic heterocycles. The lowest BCUT2D eigenvalue weighted by atomic mass is 9.99. The minimum absolute atomic E-state index is 0.677. The zero-order chi connectivity index (χ0) is 98.8. The SMILES string of the molecule is c1ccc(-c2ccc3c(c2)c2cc(-c4ccccc4)ccc2n3-c2ccc3c(c2)oc2cccc(-c4nc(-c5ccccc5)c5ccccc5n4)c23)cc1.c1ccc(-c2ccc3c(c2)c2ccccc2n3-c2ccc3c(c2)oc2cccc(-c4nc(-c5ccccc5)c5ccccc5n4)c23)cc1.c1ccc(-c2nc(-c3cccc4oc5cc(-n6c7ccccc7c7c(-c8ccccc8)cccc76)ccc5c34)nc3ccccc23)cc1. The summed E-state index contributed by atoms with van der Waals surface area (Å²) in [5, 5.41) is 16.6. The number of para-hydroxylation sites is 5. The van der Waals surface area contributed by atoms with E-state index in [1.807, 2.05) is 115 Å². The van der Waals surface area contributed by atoms with Crippen molar-refractivity contribution in [3.8, 4) is 130 Å². The summed E-state index contributed by atoms with van der Waals surface area (Å²) < 4.78 is 26.9. The first-order valence-corrected chi connectivity index (χ1v) is 50.6. The Bertz CT molecular complexity index is 10700. The quantitative estimate of drug-likeness (QED) is 0.111. The molecule has 0 saturated carbocycles. The van der Waals surface area contributed by atoms with Gasteiger partial charge in [-0.15, -0.1) is 0 Å². The Hall–Kier alpha value is -20.3. The molecule has 0 radical (unpaired) electrons. The summed E-state index contributed by atoms with van der Waals surface area (Å²) in [6.07, 6.45) is 0. The van der Waals surface area contributed by atoms with Crippen molar-refractivity contribution in [1.29, 1.82) is 0 Å². The number of aromatic nitrogens is 9. The number of furan rings is 3. The number of rotatable bonds is 13. The minimum Gasteiger partial charge on any atom is -0.456 e. The minimum atomic E-state index is 0.677. The molecule has 22 aromatic carbocycles. The predicted octanol–water partition coefficient (Wildman–Crippen LogP) is 36.5. The molecule has 0 aliphatic carbocycles. The summed E-state index contributed by atoms with van der Waals surface area (Å²) in [4.78, 5) is 30.8. The molecule has 0 amide bonds. The number of fused-ring (bicyclic) bond motifs is 21. The smallest absolute Gasteiger partial charge is 0.161 e. The fraction of sp³-hybridized carbons (Fsp3) is 0. The number of hydrogen-bond donors (Lipinski definition) is 0. The second kappa shape index (κ2) is 35.9. The lowest BCUT2D eigenvalue weighted by Crippen LogP contribution is -1.95. The van der Waals surface area contributed by atoms with Crippen LogP contribution in [0.5, 0.6) is 0 Å². The Kier molecular flexibility index (Phi) is 20.7. The average Bonchev–Trinajstić information content (AvgIpc) is 1.57. The maximum atomic E-state index is 6.66. The van der Waals surface area contributed by atoms with Crippen LogP contribution in [-0.2, 0) is 0 Å². The Morgan fingerprint density at radius 2 is 0.407 bits per heavy atom. The van der Waals surface area contributed by atoms with Crippen molar-refractivity contribution in [1.82, 2.24) is 43.6 Å². The van der Waals surface area contributed by atoms with Crippen LogP contribution in [0.15, 0.2) is 529 Å². The van der Waals surface area contributed by atoms with Crippen LogP contribution in [0.4, 0.5) is 0 Å². The second-order valence-electron chi connectivity index (χ2n) is 38.1. The van der Waals surface area contributed by atoms with E-state index in [4.69, 9.17) is 43.2 Å². The Morgan fingerprint density at radius 1 is 0.140 bits per heavy atom. The highest BCUT2D eigenvalue weighted by Crippen LogP contribution is 2.48. The van der Waals surface area contributed by atoms with Crippen molar-refractivity contribution in [3.63, 3.8) is 0 Å². The van der Waals surface area contributed by atoms with Crippen LogP contribution in [-0.4, -0.2) is 43.6 Å². The molecule has 31 rings (SSSR count). The molecule has 12 heteroatoms. The maximum absolute atomic E-state index is 6.66. The largest absolute Gasteiger partial charge is 0.456 e. The Balaban J connectivity index is 0.000000106. The van der Waals surface area contributed by atoms with E-state index < -0.39 is 0 Å². The maximum Gasteiger partial charge on any atom is 0.161 e. The second-order valence-corrected chi connectivity index (χ2v) is 38.1. The molecule has 31 aromatic rings. The number of nitrogens with zero attached hydrogens (tertiary/aromatic N) is 9. The van der Waals surface area contributed by atoms with E-state index in [0.29, 0.717) is 17.5 Å². The van der Waals surface area contributed by atoms with Gasteiger partial charge in [0.2, 0.25) is 0 Å². The van der Waals surface area contributed by atoms with Gasteiger partial charge in [0, 0.05) is 149 Å². The molecule has 0 atom stereocenters. The molecule has 0 fully saturated rings. The Morgan fingerprint density at radius 3 is 0.767 bits per heavy atom. The lowest BCUT2D eigenvalue weighted by Gasteiger charge is -2.10. The zero-order valence-electron chi connectivity index (χ0n) is 80.8. The van der Waals surface area contributed by atoms with E-state index in [-0.39, 0.29) is 0 Å². The van der Waals surface area contributed by atoms with Gasteiger partial charge in [-0.2, -0.15) is 0 Å². The standard InChI is InChI=1S/C50H31N3O.2C44H27N3O/c1-4-13-32(14-5-1)35-23-27-44-41(29-35)42-30-36(33-15-6-2-7-16-33)24-28-45(42)53(44)37-25-26-39-47(31-37)54-46-22-12-20-40(48(39)46)50-51-43-21-11-10-19-38(43)49(52-50)34-17-8-3-9-18-34;1-3-13-28(14-4-1)31-19-11-23-38-41(31)33-18-8-10-22-37(33)47(38)30-25-26-34-40(27-30)48-39-24-12-20-35(42(34)39)44-45-36-21-9-7-17-32(36)43(46-44)29-15-5-2-6-16-29;1-3-12-28(13-4-1)30-22-25-39-36(26-30)32-16-8-10-20-38(32)47(39)31-23-24-34-41(27-31)48-40-21-11-18-35(42(34)40)44-45-37-19-9-7-17-33(37)43(46-44)29-14-5-2-6-15-29/h1-31H;2*1-27H. The van der Waals surface area contributed by atoms with Gasteiger partial charge in [-0.1, -0.05) is 370 Å². The number of hydrogen-bond acceptors (Lipinski definition) is 9. The van der Waals surface area contributed by atoms with Gasteiger partial charge in [0.15, 0.2) is 17.5 Å². The molecule has 9 heterocycles. The van der Waals surface area contributed by atoms with Crippen molar-refractivity contribution in [2.75, 3.05) is 0 Å². The van der Waals surface area contributed by atoms with Crippen LogP contribution >= 0.6 is 0 Å². The average molecular weight is 1920 g/mol. The van der Waals surface area contributed by atoms with Gasteiger partial charge < -0.3 is 27.0 Å². The van der Waals surface area contributed by atoms with Crippen LogP contribution < -0.4 is 0 Å². The van der Waals surface area contributed by atoms with Crippen LogP contribution in [0.3, 0.4) is 0 Å². The van der Waals surface area contributed by atoms with Crippen molar-refractivity contribution in [2.45, 2.75) is 0 Å². The highest BCUT2D eigenvalue weighted by Gasteiger charge is 2.27. The fourth-order valence-electron chi connectivity index (χ4n) is 22.6. The van der Waals surface area contributed by atoms with Gasteiger partial charge in [-0.25, -0.2) is 29.9 Å². The summed E-state index contributed by atoms with van der Waals surface area (Å²) >= 11 is 0. The Labute approximate surface area is 859 Å². The van der Waals surface area contributed by atoms with Crippen molar-refractivity contribution in [2.24, 2.45) is 0 Å². The van der Waals surface area contributed by atoms with Gasteiger partial charge in [-0.05, 0) is 172 Å². The van der Waals surface area contributed by atoms with E-state index in [2.05, 4.69) is 414 Å². The van der Waals surface area contributed by atoms with Crippen molar-refractivity contribution >= 4 is 164 Å². The fourth-order valence-corrected chi connectivity index (χ4v) is 22.6. The van der Waals surface area contributed by atoms with Gasteiger partial charge in [-0.3, -0.25) is 0 Å². The third kappa shape index (κ3) is 14.7. The van der Waals surface area contributed by atoms with Crippen molar-refractivity contribution < 1.29 is 13.3 Å². The molecule has 0 aliphatic rings. The van der Waals surface area contributed by atoms with E-state index in [1.54, 1.807) is 0 Å². The third-order valence-electron chi connectivity index (χ3n) is 29.4. The first kappa shape index (κ1) is 86.3. The summed E-state index contributed by atoms with van der Waals surface area (Å²) in [6.45, 7) is 0. The summed E-state index contributed by atoms with van der Waals surface area (Å²) in [7, 11) is 0. The summed E-state index contributed by atoms with van der Waals surface area (Å²) in [6, 6.07) is 180.